The molecule has 9 nitrogen and oxygen atoms in total. The second kappa shape index (κ2) is 9.28. The Kier molecular flexibility index (Phi) is 6.52. The van der Waals surface area contributed by atoms with Gasteiger partial charge in [0, 0.05) is 16.7 Å². The number of rotatable bonds is 7. The smallest absolute Gasteiger partial charge is 0.373 e. The van der Waals surface area contributed by atoms with Crippen LogP contribution in [-0.2, 0) is 16.1 Å². The van der Waals surface area contributed by atoms with Crippen LogP contribution in [0.3, 0.4) is 0 Å². The molecule has 31 heavy (non-hydrogen) atoms. The molecule has 1 aliphatic heterocycles. The molecule has 0 saturated carbocycles. The Hall–Kier alpha value is -3.90. The number of halogens is 1. The van der Waals surface area contributed by atoms with Gasteiger partial charge in [-0.25, -0.2) is 9.59 Å². The van der Waals surface area contributed by atoms with E-state index in [1.54, 1.807) is 6.07 Å². The highest BCUT2D eigenvalue weighted by molar-refractivity contribution is 6.31. The molecule has 2 heterocycles. The summed E-state index contributed by atoms with van der Waals surface area (Å²) < 4.78 is 20.7. The molecule has 0 atom stereocenters. The predicted octanol–water partition coefficient (Wildman–Crippen LogP) is 2.83. The zero-order valence-electron chi connectivity index (χ0n) is 16.6. The first-order valence-corrected chi connectivity index (χ1v) is 9.21. The van der Waals surface area contributed by atoms with Gasteiger partial charge in [-0.15, -0.1) is 6.42 Å². The number of urea groups is 1. The molecule has 2 aromatic rings. The molecular weight excluding hydrogens is 428 g/mol. The van der Waals surface area contributed by atoms with Crippen molar-refractivity contribution < 1.29 is 33.0 Å². The lowest BCUT2D eigenvalue weighted by atomic mass is 10.1. The van der Waals surface area contributed by atoms with Gasteiger partial charge in [0.2, 0.25) is 5.76 Å². The third-order valence-corrected chi connectivity index (χ3v) is 4.41. The van der Waals surface area contributed by atoms with E-state index in [1.807, 2.05) is 0 Å². The highest BCUT2D eigenvalue weighted by Crippen LogP contribution is 2.36. The Morgan fingerprint density at radius 3 is 2.77 bits per heavy atom. The highest BCUT2D eigenvalue weighted by Gasteiger charge is 2.34. The van der Waals surface area contributed by atoms with E-state index < -0.39 is 17.9 Å². The van der Waals surface area contributed by atoms with Gasteiger partial charge in [-0.3, -0.25) is 9.69 Å². The van der Waals surface area contributed by atoms with Gasteiger partial charge in [-0.1, -0.05) is 17.5 Å². The Morgan fingerprint density at radius 2 is 2.10 bits per heavy atom. The second-order valence-electron chi connectivity index (χ2n) is 6.16. The Morgan fingerprint density at radius 1 is 1.32 bits per heavy atom. The first-order chi connectivity index (χ1) is 14.9. The number of hydrogen-bond donors (Lipinski definition) is 1. The lowest BCUT2D eigenvalue weighted by Crippen LogP contribution is -2.30. The third-order valence-electron chi connectivity index (χ3n) is 4.19. The minimum absolute atomic E-state index is 0.0142. The van der Waals surface area contributed by atoms with E-state index in [1.165, 1.54) is 38.5 Å². The Bertz CT molecular complexity index is 1110. The van der Waals surface area contributed by atoms with Gasteiger partial charge in [0.1, 0.15) is 18.1 Å². The number of terminal acetylenes is 1. The number of benzene rings is 1. The third kappa shape index (κ3) is 4.65. The lowest BCUT2D eigenvalue weighted by Gasteiger charge is -2.13. The molecule has 10 heteroatoms. The number of imide groups is 1. The normalized spacial score (nSPS) is 14.4. The second-order valence-corrected chi connectivity index (χ2v) is 6.59. The van der Waals surface area contributed by atoms with Gasteiger partial charge in [0.25, 0.3) is 5.91 Å². The SMILES string of the molecule is C#CCOc1c(/C=C2\NC(=O)N(Cc3ccc(C(=O)OC)o3)C2=O)cc(Cl)cc1OC. The zero-order chi connectivity index (χ0) is 22.5. The van der Waals surface area contributed by atoms with Gasteiger partial charge < -0.3 is 23.9 Å². The van der Waals surface area contributed by atoms with E-state index in [2.05, 4.69) is 16.0 Å². The molecule has 1 fully saturated rings. The van der Waals surface area contributed by atoms with Crippen molar-refractivity contribution in [2.45, 2.75) is 6.54 Å². The summed E-state index contributed by atoms with van der Waals surface area (Å²) in [6.07, 6.45) is 6.66. The minimum atomic E-state index is -0.668. The number of carbonyl (C=O) groups excluding carboxylic acids is 3. The van der Waals surface area contributed by atoms with Crippen LogP contribution in [0.25, 0.3) is 6.08 Å². The van der Waals surface area contributed by atoms with Gasteiger partial charge in [-0.2, -0.15) is 0 Å². The van der Waals surface area contributed by atoms with E-state index in [0.29, 0.717) is 16.3 Å². The summed E-state index contributed by atoms with van der Waals surface area (Å²) in [5.41, 5.74) is 0.371. The van der Waals surface area contributed by atoms with Crippen molar-refractivity contribution in [3.63, 3.8) is 0 Å². The maximum atomic E-state index is 12.8. The van der Waals surface area contributed by atoms with Crippen LogP contribution in [0.15, 0.2) is 34.4 Å². The topological polar surface area (TPSA) is 107 Å². The summed E-state index contributed by atoms with van der Waals surface area (Å²) in [6, 6.07) is 5.28. The number of carbonyl (C=O) groups is 3. The van der Waals surface area contributed by atoms with Crippen molar-refractivity contribution in [1.29, 1.82) is 0 Å². The summed E-state index contributed by atoms with van der Waals surface area (Å²) >= 11 is 6.12. The lowest BCUT2D eigenvalue weighted by molar-refractivity contribution is -0.123. The molecule has 1 aliphatic rings. The van der Waals surface area contributed by atoms with E-state index in [9.17, 15) is 14.4 Å². The van der Waals surface area contributed by atoms with Crippen LogP contribution in [-0.4, -0.2) is 43.6 Å². The van der Waals surface area contributed by atoms with E-state index >= 15 is 0 Å². The molecule has 160 valence electrons. The number of ether oxygens (including phenoxy) is 3. The number of nitrogens with one attached hydrogen (secondary N) is 1. The molecule has 0 bridgehead atoms. The maximum Gasteiger partial charge on any atom is 0.373 e. The molecule has 1 N–H and O–H groups in total. The van der Waals surface area contributed by atoms with E-state index in [0.717, 1.165) is 4.90 Å². The molecule has 1 aromatic heterocycles. The van der Waals surface area contributed by atoms with Crippen LogP contribution >= 0.6 is 11.6 Å². The van der Waals surface area contributed by atoms with Crippen molar-refractivity contribution in [2.75, 3.05) is 20.8 Å². The van der Waals surface area contributed by atoms with Crippen LogP contribution in [0, 0.1) is 12.3 Å². The average Bonchev–Trinajstić information content (AvgIpc) is 3.32. The number of furan rings is 1. The summed E-state index contributed by atoms with van der Waals surface area (Å²) in [4.78, 5) is 37.6. The number of esters is 1. The van der Waals surface area contributed by atoms with Gasteiger partial charge >= 0.3 is 12.0 Å². The monoisotopic (exact) mass is 444 g/mol. The van der Waals surface area contributed by atoms with Crippen molar-refractivity contribution in [3.05, 3.63) is 52.1 Å². The predicted molar refractivity (Wildman–Crippen MR) is 109 cm³/mol. The molecule has 3 rings (SSSR count). The molecule has 0 radical (unpaired) electrons. The Balaban J connectivity index is 1.88. The summed E-state index contributed by atoms with van der Waals surface area (Å²) in [7, 11) is 2.65. The van der Waals surface area contributed by atoms with Crippen molar-refractivity contribution in [2.24, 2.45) is 0 Å². The molecule has 0 aliphatic carbocycles. The molecule has 1 aromatic carbocycles. The minimum Gasteiger partial charge on any atom is -0.493 e. The average molecular weight is 445 g/mol. The number of hydrogen-bond acceptors (Lipinski definition) is 7. The quantitative estimate of drug-likeness (QED) is 0.303. The van der Waals surface area contributed by atoms with E-state index in [-0.39, 0.29) is 36.1 Å². The molecular formula is C21H17ClN2O7. The largest absolute Gasteiger partial charge is 0.493 e. The first kappa shape index (κ1) is 21.8. The van der Waals surface area contributed by atoms with Crippen LogP contribution in [0.5, 0.6) is 11.5 Å². The van der Waals surface area contributed by atoms with Crippen molar-refractivity contribution in [3.8, 4) is 23.8 Å². The van der Waals surface area contributed by atoms with Crippen LogP contribution in [0.2, 0.25) is 5.02 Å². The fourth-order valence-electron chi connectivity index (χ4n) is 2.82. The number of nitrogens with zero attached hydrogens (tertiary/aromatic N) is 1. The fourth-order valence-corrected chi connectivity index (χ4v) is 3.03. The molecule has 3 amide bonds. The first-order valence-electron chi connectivity index (χ1n) is 8.83. The summed E-state index contributed by atoms with van der Waals surface area (Å²) in [5.74, 6) is 1.84. The van der Waals surface area contributed by atoms with Gasteiger partial charge in [0.15, 0.2) is 11.5 Å². The molecule has 0 spiro atoms. The number of amides is 3. The van der Waals surface area contributed by atoms with Crippen molar-refractivity contribution in [1.82, 2.24) is 10.2 Å². The highest BCUT2D eigenvalue weighted by atomic mass is 35.5. The fraction of sp³-hybridized carbons (Fsp3) is 0.190. The van der Waals surface area contributed by atoms with E-state index in [4.69, 9.17) is 31.9 Å². The van der Waals surface area contributed by atoms with Crippen LogP contribution < -0.4 is 14.8 Å². The number of methoxy groups -OCH3 is 2. The van der Waals surface area contributed by atoms with Gasteiger partial charge in [0.05, 0.1) is 20.8 Å². The zero-order valence-corrected chi connectivity index (χ0v) is 17.3. The Labute approximate surface area is 182 Å². The van der Waals surface area contributed by atoms with Crippen molar-refractivity contribution >= 4 is 35.6 Å². The molecule has 0 unspecified atom stereocenters. The summed E-state index contributed by atoms with van der Waals surface area (Å²) in [6.45, 7) is -0.222. The standard InChI is InChI=1S/C21H17ClN2O7/c1-4-7-30-18-12(8-13(22)10-17(18)28-2)9-15-19(25)24(21(27)23-15)11-14-5-6-16(31-14)20(26)29-3/h1,5-6,8-10H,7,11H2,2-3H3,(H,23,27)/b15-9-. The molecule has 1 saturated heterocycles. The van der Waals surface area contributed by atoms with Crippen LogP contribution in [0.4, 0.5) is 4.79 Å². The summed E-state index contributed by atoms with van der Waals surface area (Å²) in [5, 5.41) is 2.82. The van der Waals surface area contributed by atoms with Gasteiger partial charge in [-0.05, 0) is 24.3 Å². The van der Waals surface area contributed by atoms with Crippen LogP contribution in [0.1, 0.15) is 21.9 Å². The maximum absolute atomic E-state index is 12.8.